The van der Waals surface area contributed by atoms with Crippen molar-refractivity contribution in [2.24, 2.45) is 0 Å². The molecule has 2 aromatic rings. The fourth-order valence-corrected chi connectivity index (χ4v) is 4.08. The predicted octanol–water partition coefficient (Wildman–Crippen LogP) is 3.24. The average Bonchev–Trinajstić information content (AvgIpc) is 2.66. The molecule has 3 rings (SSSR count). The third kappa shape index (κ3) is 3.62. The number of hydrogen-bond acceptors (Lipinski definition) is 5. The maximum atomic E-state index is 13.1. The molecule has 1 heterocycles. The number of sulfonamides is 1. The first-order valence-corrected chi connectivity index (χ1v) is 9.76. The highest BCUT2D eigenvalue weighted by molar-refractivity contribution is 7.92. The molecule has 0 aliphatic carbocycles. The quantitative estimate of drug-likeness (QED) is 0.695. The van der Waals surface area contributed by atoms with Gasteiger partial charge in [0.15, 0.2) is 11.5 Å². The van der Waals surface area contributed by atoms with Crippen molar-refractivity contribution in [3.05, 3.63) is 55.1 Å². The third-order valence-corrected chi connectivity index (χ3v) is 5.64. The van der Waals surface area contributed by atoms with E-state index in [2.05, 4.69) is 6.58 Å². The van der Waals surface area contributed by atoms with Crippen molar-refractivity contribution < 1.29 is 22.6 Å². The highest BCUT2D eigenvalue weighted by atomic mass is 32.2. The van der Waals surface area contributed by atoms with Crippen LogP contribution in [0.4, 0.5) is 5.69 Å². The van der Waals surface area contributed by atoms with Gasteiger partial charge in [0, 0.05) is 6.07 Å². The lowest BCUT2D eigenvalue weighted by Gasteiger charge is -2.25. The molecular weight excluding hydrogens is 354 g/mol. The summed E-state index contributed by atoms with van der Waals surface area (Å²) in [6.07, 6.45) is 1.54. The van der Waals surface area contributed by atoms with E-state index in [1.54, 1.807) is 36.4 Å². The number of fused-ring (bicyclic) bond motifs is 1. The molecule has 26 heavy (non-hydrogen) atoms. The zero-order chi connectivity index (χ0) is 18.6. The summed E-state index contributed by atoms with van der Waals surface area (Å²) in [7, 11) is -3.76. The van der Waals surface area contributed by atoms with Crippen LogP contribution in [0.3, 0.4) is 0 Å². The Morgan fingerprint density at radius 3 is 2.46 bits per heavy atom. The minimum Gasteiger partial charge on any atom is -0.494 e. The fourth-order valence-electron chi connectivity index (χ4n) is 2.65. The van der Waals surface area contributed by atoms with Gasteiger partial charge in [-0.05, 0) is 43.3 Å². The van der Waals surface area contributed by atoms with E-state index in [-0.39, 0.29) is 11.4 Å². The molecule has 0 spiro atoms. The SMILES string of the molecule is C=CCN(c1ccc2c(c1)OCCO2)S(=O)(=O)c1ccc(OCC)cc1. The summed E-state index contributed by atoms with van der Waals surface area (Å²) < 4.78 is 44.0. The molecule has 1 aliphatic heterocycles. The highest BCUT2D eigenvalue weighted by Crippen LogP contribution is 2.35. The zero-order valence-electron chi connectivity index (χ0n) is 14.6. The minimum atomic E-state index is -3.76. The first-order chi connectivity index (χ1) is 12.6. The average molecular weight is 375 g/mol. The van der Waals surface area contributed by atoms with Gasteiger partial charge in [0.25, 0.3) is 10.0 Å². The van der Waals surface area contributed by atoms with Crippen molar-refractivity contribution in [1.82, 2.24) is 0 Å². The lowest BCUT2D eigenvalue weighted by atomic mass is 10.2. The van der Waals surface area contributed by atoms with Crippen LogP contribution in [0.5, 0.6) is 17.2 Å². The van der Waals surface area contributed by atoms with Crippen molar-refractivity contribution in [2.75, 3.05) is 30.7 Å². The van der Waals surface area contributed by atoms with E-state index in [4.69, 9.17) is 14.2 Å². The van der Waals surface area contributed by atoms with E-state index in [0.29, 0.717) is 42.8 Å². The molecule has 7 heteroatoms. The monoisotopic (exact) mass is 375 g/mol. The largest absolute Gasteiger partial charge is 0.494 e. The van der Waals surface area contributed by atoms with Gasteiger partial charge in [0.1, 0.15) is 19.0 Å². The summed E-state index contributed by atoms with van der Waals surface area (Å²) in [5.41, 5.74) is 0.489. The molecule has 2 aromatic carbocycles. The summed E-state index contributed by atoms with van der Waals surface area (Å²) in [6, 6.07) is 11.4. The van der Waals surface area contributed by atoms with Crippen LogP contribution in [0, 0.1) is 0 Å². The molecule has 0 amide bonds. The summed E-state index contributed by atoms with van der Waals surface area (Å²) in [5, 5.41) is 0. The van der Waals surface area contributed by atoms with Gasteiger partial charge in [-0.25, -0.2) is 8.42 Å². The Bertz CT molecular complexity index is 877. The van der Waals surface area contributed by atoms with Crippen molar-refractivity contribution in [3.63, 3.8) is 0 Å². The van der Waals surface area contributed by atoms with Gasteiger partial charge >= 0.3 is 0 Å². The second-order valence-electron chi connectivity index (χ2n) is 5.56. The van der Waals surface area contributed by atoms with Crippen LogP contribution in [0.1, 0.15) is 6.92 Å². The van der Waals surface area contributed by atoms with Crippen LogP contribution >= 0.6 is 0 Å². The van der Waals surface area contributed by atoms with Crippen LogP contribution < -0.4 is 18.5 Å². The van der Waals surface area contributed by atoms with Gasteiger partial charge in [-0.1, -0.05) is 6.08 Å². The molecule has 0 N–H and O–H groups in total. The topological polar surface area (TPSA) is 65.1 Å². The maximum Gasteiger partial charge on any atom is 0.264 e. The Balaban J connectivity index is 1.96. The molecule has 0 atom stereocenters. The zero-order valence-corrected chi connectivity index (χ0v) is 15.4. The normalized spacial score (nSPS) is 13.1. The molecule has 0 fully saturated rings. The van der Waals surface area contributed by atoms with E-state index < -0.39 is 10.0 Å². The van der Waals surface area contributed by atoms with Crippen LogP contribution in [-0.2, 0) is 10.0 Å². The second-order valence-corrected chi connectivity index (χ2v) is 7.42. The van der Waals surface area contributed by atoms with Crippen molar-refractivity contribution in [1.29, 1.82) is 0 Å². The van der Waals surface area contributed by atoms with E-state index in [1.807, 2.05) is 6.92 Å². The lowest BCUT2D eigenvalue weighted by molar-refractivity contribution is 0.171. The Hall–Kier alpha value is -2.67. The number of hydrogen-bond donors (Lipinski definition) is 0. The van der Waals surface area contributed by atoms with Crippen molar-refractivity contribution in [3.8, 4) is 17.2 Å². The molecule has 6 nitrogen and oxygen atoms in total. The van der Waals surface area contributed by atoms with Crippen LogP contribution in [-0.4, -0.2) is 34.8 Å². The van der Waals surface area contributed by atoms with Crippen molar-refractivity contribution in [2.45, 2.75) is 11.8 Å². The van der Waals surface area contributed by atoms with Crippen LogP contribution in [0.2, 0.25) is 0 Å². The maximum absolute atomic E-state index is 13.1. The molecular formula is C19H21NO5S. The fraction of sp³-hybridized carbons (Fsp3) is 0.263. The van der Waals surface area contributed by atoms with E-state index in [9.17, 15) is 8.42 Å². The van der Waals surface area contributed by atoms with Gasteiger partial charge in [-0.2, -0.15) is 0 Å². The van der Waals surface area contributed by atoms with Crippen molar-refractivity contribution >= 4 is 15.7 Å². The van der Waals surface area contributed by atoms with Gasteiger partial charge < -0.3 is 14.2 Å². The first kappa shape index (κ1) is 18.1. The molecule has 1 aliphatic rings. The summed E-state index contributed by atoms with van der Waals surface area (Å²) >= 11 is 0. The molecule has 0 aromatic heterocycles. The molecule has 0 radical (unpaired) electrons. The molecule has 138 valence electrons. The van der Waals surface area contributed by atoms with Gasteiger partial charge in [-0.3, -0.25) is 4.31 Å². The molecule has 0 saturated heterocycles. The van der Waals surface area contributed by atoms with Gasteiger partial charge in [-0.15, -0.1) is 6.58 Å². The van der Waals surface area contributed by atoms with E-state index in [0.717, 1.165) is 0 Å². The van der Waals surface area contributed by atoms with Crippen LogP contribution in [0.25, 0.3) is 0 Å². The van der Waals surface area contributed by atoms with E-state index >= 15 is 0 Å². The Morgan fingerprint density at radius 1 is 1.12 bits per heavy atom. The first-order valence-electron chi connectivity index (χ1n) is 8.32. The molecule has 0 bridgehead atoms. The summed E-state index contributed by atoms with van der Waals surface area (Å²) in [4.78, 5) is 0.178. The summed E-state index contributed by atoms with van der Waals surface area (Å²) in [6.45, 7) is 7.12. The second kappa shape index (κ2) is 7.70. The number of anilines is 1. The predicted molar refractivity (Wildman–Crippen MR) is 99.8 cm³/mol. The number of benzene rings is 2. The van der Waals surface area contributed by atoms with Gasteiger partial charge in [0.05, 0.1) is 23.7 Å². The smallest absolute Gasteiger partial charge is 0.264 e. The molecule has 0 unspecified atom stereocenters. The number of nitrogens with zero attached hydrogens (tertiary/aromatic N) is 1. The molecule has 0 saturated carbocycles. The highest BCUT2D eigenvalue weighted by Gasteiger charge is 2.25. The number of ether oxygens (including phenoxy) is 3. The van der Waals surface area contributed by atoms with E-state index in [1.165, 1.54) is 16.4 Å². The minimum absolute atomic E-state index is 0.134. The Morgan fingerprint density at radius 2 is 1.81 bits per heavy atom. The third-order valence-electron chi connectivity index (χ3n) is 3.83. The van der Waals surface area contributed by atoms with Gasteiger partial charge in [0.2, 0.25) is 0 Å². The standard InChI is InChI=1S/C19H21NO5S/c1-3-11-20(15-5-10-18-19(14-15)25-13-12-24-18)26(21,22)17-8-6-16(7-9-17)23-4-2/h3,5-10,14H,1,4,11-13H2,2H3. The lowest BCUT2D eigenvalue weighted by Crippen LogP contribution is -2.31. The summed E-state index contributed by atoms with van der Waals surface area (Å²) in [5.74, 6) is 1.77. The Labute approximate surface area is 153 Å². The Kier molecular flexibility index (Phi) is 5.37. The number of rotatable bonds is 7. The van der Waals surface area contributed by atoms with Crippen LogP contribution in [0.15, 0.2) is 60.0 Å².